The van der Waals surface area contributed by atoms with Crippen molar-refractivity contribution in [2.24, 2.45) is 5.10 Å². The number of para-hydroxylation sites is 1. The highest BCUT2D eigenvalue weighted by Crippen LogP contribution is 2.28. The molecule has 0 aliphatic carbocycles. The maximum absolute atomic E-state index is 12.2. The predicted molar refractivity (Wildman–Crippen MR) is 97.4 cm³/mol. The van der Waals surface area contributed by atoms with Crippen LogP contribution in [0.4, 0.5) is 0 Å². The molecule has 8 nitrogen and oxygen atoms in total. The molecule has 27 heavy (non-hydrogen) atoms. The Kier molecular flexibility index (Phi) is 5.36. The van der Waals surface area contributed by atoms with E-state index < -0.39 is 18.5 Å². The summed E-state index contributed by atoms with van der Waals surface area (Å²) in [6.07, 6.45) is 1.41. The Balaban J connectivity index is 1.67. The minimum absolute atomic E-state index is 0.102. The van der Waals surface area contributed by atoms with Crippen LogP contribution in [0.2, 0.25) is 0 Å². The number of furan rings is 1. The van der Waals surface area contributed by atoms with E-state index >= 15 is 0 Å². The summed E-state index contributed by atoms with van der Waals surface area (Å²) in [5, 5.41) is 13.2. The van der Waals surface area contributed by atoms with E-state index in [0.717, 1.165) is 5.39 Å². The molecule has 138 valence electrons. The number of hydrogen-bond donors (Lipinski definition) is 2. The van der Waals surface area contributed by atoms with Crippen LogP contribution in [0, 0.1) is 0 Å². The molecule has 0 bridgehead atoms. The van der Waals surface area contributed by atoms with Gasteiger partial charge in [-0.3, -0.25) is 4.79 Å². The molecule has 0 saturated heterocycles. The highest BCUT2D eigenvalue weighted by molar-refractivity contribution is 5.97. The number of hydrazone groups is 1. The van der Waals surface area contributed by atoms with Crippen LogP contribution in [0.15, 0.2) is 58.0 Å². The summed E-state index contributed by atoms with van der Waals surface area (Å²) in [5.74, 6) is -0.554. The monoisotopic (exact) mass is 368 g/mol. The number of nitrogens with one attached hydrogen (secondary N) is 1. The molecule has 0 unspecified atom stereocenters. The van der Waals surface area contributed by atoms with Gasteiger partial charge in [0.2, 0.25) is 0 Å². The number of aliphatic carboxylic acids is 1. The van der Waals surface area contributed by atoms with Crippen molar-refractivity contribution >= 4 is 29.1 Å². The second kappa shape index (κ2) is 8.05. The van der Waals surface area contributed by atoms with Crippen molar-refractivity contribution in [3.8, 4) is 11.5 Å². The number of benzene rings is 2. The fourth-order valence-electron chi connectivity index (χ4n) is 2.36. The molecule has 8 heteroatoms. The summed E-state index contributed by atoms with van der Waals surface area (Å²) >= 11 is 0. The van der Waals surface area contributed by atoms with E-state index in [1.54, 1.807) is 42.5 Å². The lowest BCUT2D eigenvalue weighted by molar-refractivity contribution is -0.139. The number of fused-ring (bicyclic) bond motifs is 1. The number of ether oxygens (including phenoxy) is 2. The van der Waals surface area contributed by atoms with Gasteiger partial charge in [-0.2, -0.15) is 5.10 Å². The number of carboxylic acid groups (broad SMARTS) is 1. The summed E-state index contributed by atoms with van der Waals surface area (Å²) in [5.41, 5.74) is 3.49. The quantitative estimate of drug-likeness (QED) is 0.490. The molecule has 0 atom stereocenters. The minimum Gasteiger partial charge on any atom is -0.493 e. The first-order valence-corrected chi connectivity index (χ1v) is 7.91. The van der Waals surface area contributed by atoms with Crippen LogP contribution in [0.3, 0.4) is 0 Å². The molecule has 0 aliphatic rings. The number of hydrogen-bond acceptors (Lipinski definition) is 6. The minimum atomic E-state index is -1.07. The van der Waals surface area contributed by atoms with Crippen LogP contribution in [0.1, 0.15) is 16.1 Å². The topological polar surface area (TPSA) is 110 Å². The van der Waals surface area contributed by atoms with E-state index in [2.05, 4.69) is 10.5 Å². The first-order valence-electron chi connectivity index (χ1n) is 7.91. The van der Waals surface area contributed by atoms with Gasteiger partial charge in [0, 0.05) is 5.39 Å². The van der Waals surface area contributed by atoms with Crippen molar-refractivity contribution in [1.82, 2.24) is 5.43 Å². The van der Waals surface area contributed by atoms with Gasteiger partial charge in [0.1, 0.15) is 5.75 Å². The third-order valence-corrected chi connectivity index (χ3v) is 3.55. The number of carbonyl (C=O) groups excluding carboxylic acids is 1. The van der Waals surface area contributed by atoms with Crippen molar-refractivity contribution in [2.75, 3.05) is 13.7 Å². The van der Waals surface area contributed by atoms with Crippen LogP contribution in [-0.4, -0.2) is 36.9 Å². The van der Waals surface area contributed by atoms with E-state index in [1.807, 2.05) is 6.07 Å². The van der Waals surface area contributed by atoms with Crippen molar-refractivity contribution in [2.45, 2.75) is 0 Å². The largest absolute Gasteiger partial charge is 0.493 e. The van der Waals surface area contributed by atoms with Crippen LogP contribution in [0.5, 0.6) is 11.5 Å². The normalized spacial score (nSPS) is 10.9. The molecule has 2 aromatic carbocycles. The summed E-state index contributed by atoms with van der Waals surface area (Å²) in [4.78, 5) is 22.7. The van der Waals surface area contributed by atoms with E-state index in [9.17, 15) is 9.59 Å². The highest BCUT2D eigenvalue weighted by atomic mass is 16.5. The van der Waals surface area contributed by atoms with Gasteiger partial charge in [0.25, 0.3) is 0 Å². The molecule has 3 aromatic rings. The SMILES string of the molecule is COc1cccc2cc(C(=O)N/N=C\c3cccc(OCC(=O)O)c3)oc12. The lowest BCUT2D eigenvalue weighted by Crippen LogP contribution is -2.16. The van der Waals surface area contributed by atoms with Gasteiger partial charge in [-0.05, 0) is 29.8 Å². The number of methoxy groups -OCH3 is 1. The van der Waals surface area contributed by atoms with Crippen molar-refractivity contribution in [3.05, 3.63) is 59.9 Å². The van der Waals surface area contributed by atoms with E-state index in [4.69, 9.17) is 19.0 Å². The molecule has 0 aliphatic heterocycles. The van der Waals surface area contributed by atoms with Gasteiger partial charge in [-0.1, -0.05) is 24.3 Å². The Labute approximate surface area is 154 Å². The zero-order valence-electron chi connectivity index (χ0n) is 14.3. The molecular formula is C19H16N2O6. The summed E-state index contributed by atoms with van der Waals surface area (Å²) in [6.45, 7) is -0.438. The van der Waals surface area contributed by atoms with E-state index in [-0.39, 0.29) is 5.76 Å². The Bertz CT molecular complexity index is 1010. The summed E-state index contributed by atoms with van der Waals surface area (Å²) in [6, 6.07) is 13.6. The van der Waals surface area contributed by atoms with Crippen molar-refractivity contribution in [3.63, 3.8) is 0 Å². The second-order valence-corrected chi connectivity index (χ2v) is 5.44. The lowest BCUT2D eigenvalue weighted by Gasteiger charge is -2.03. The molecule has 0 saturated carbocycles. The van der Waals surface area contributed by atoms with Crippen LogP contribution in [-0.2, 0) is 4.79 Å². The maximum Gasteiger partial charge on any atom is 0.341 e. The molecular weight excluding hydrogens is 352 g/mol. The number of nitrogens with zero attached hydrogens (tertiary/aromatic N) is 1. The first kappa shape index (κ1) is 18.0. The molecule has 1 heterocycles. The molecule has 1 amide bonds. The Morgan fingerprint density at radius 2 is 2.04 bits per heavy atom. The molecule has 3 rings (SSSR count). The zero-order chi connectivity index (χ0) is 19.2. The second-order valence-electron chi connectivity index (χ2n) is 5.44. The Hall–Kier alpha value is -3.81. The van der Waals surface area contributed by atoms with Gasteiger partial charge in [-0.15, -0.1) is 0 Å². The predicted octanol–water partition coefficient (Wildman–Crippen LogP) is 2.67. The third kappa shape index (κ3) is 4.43. The highest BCUT2D eigenvalue weighted by Gasteiger charge is 2.14. The van der Waals surface area contributed by atoms with Gasteiger partial charge < -0.3 is 19.0 Å². The van der Waals surface area contributed by atoms with E-state index in [0.29, 0.717) is 22.6 Å². The molecule has 0 fully saturated rings. The Morgan fingerprint density at radius 1 is 1.22 bits per heavy atom. The van der Waals surface area contributed by atoms with Crippen LogP contribution in [0.25, 0.3) is 11.0 Å². The number of carbonyl (C=O) groups is 2. The molecule has 1 aromatic heterocycles. The summed E-state index contributed by atoms with van der Waals surface area (Å²) in [7, 11) is 1.52. The number of rotatable bonds is 7. The van der Waals surface area contributed by atoms with Crippen LogP contribution < -0.4 is 14.9 Å². The van der Waals surface area contributed by atoms with Gasteiger partial charge >= 0.3 is 11.9 Å². The smallest absolute Gasteiger partial charge is 0.341 e. The van der Waals surface area contributed by atoms with E-state index in [1.165, 1.54) is 13.3 Å². The first-order chi connectivity index (χ1) is 13.1. The molecule has 0 radical (unpaired) electrons. The fourth-order valence-corrected chi connectivity index (χ4v) is 2.36. The standard InChI is InChI=1S/C19H16N2O6/c1-25-15-7-3-5-13-9-16(27-18(13)15)19(24)21-20-10-12-4-2-6-14(8-12)26-11-17(22)23/h2-10H,11H2,1H3,(H,21,24)(H,22,23)/b20-10-. The van der Waals surface area contributed by atoms with Gasteiger partial charge in [0.15, 0.2) is 23.7 Å². The van der Waals surface area contributed by atoms with Gasteiger partial charge in [-0.25, -0.2) is 10.2 Å². The van der Waals surface area contributed by atoms with Crippen LogP contribution >= 0.6 is 0 Å². The average molecular weight is 368 g/mol. The maximum atomic E-state index is 12.2. The third-order valence-electron chi connectivity index (χ3n) is 3.55. The zero-order valence-corrected chi connectivity index (χ0v) is 14.3. The summed E-state index contributed by atoms with van der Waals surface area (Å²) < 4.78 is 15.8. The Morgan fingerprint density at radius 3 is 2.81 bits per heavy atom. The number of amides is 1. The average Bonchev–Trinajstić information content (AvgIpc) is 3.11. The number of carboxylic acids is 1. The van der Waals surface area contributed by atoms with Gasteiger partial charge in [0.05, 0.1) is 13.3 Å². The van der Waals surface area contributed by atoms with Crippen molar-refractivity contribution in [1.29, 1.82) is 0 Å². The fraction of sp³-hybridized carbons (Fsp3) is 0.105. The molecule has 2 N–H and O–H groups in total. The van der Waals surface area contributed by atoms with Crippen molar-refractivity contribution < 1.29 is 28.6 Å². The lowest BCUT2D eigenvalue weighted by atomic mass is 10.2. The molecule has 0 spiro atoms.